The van der Waals surface area contributed by atoms with Crippen molar-refractivity contribution in [2.75, 3.05) is 12.9 Å². The Balaban J connectivity index is 2.29. The molecular formula is C15H25NOS. The minimum Gasteiger partial charge on any atom is -0.379 e. The fraction of sp³-hybridized carbons (Fsp3) is 0.600. The highest BCUT2D eigenvalue weighted by Crippen LogP contribution is 2.22. The highest BCUT2D eigenvalue weighted by atomic mass is 32.2. The van der Waals surface area contributed by atoms with Crippen molar-refractivity contribution in [2.45, 2.75) is 50.2 Å². The lowest BCUT2D eigenvalue weighted by molar-refractivity contribution is 0.0129. The Morgan fingerprint density at radius 2 is 1.89 bits per heavy atom. The molecule has 0 heterocycles. The van der Waals surface area contributed by atoms with Crippen LogP contribution in [0.1, 0.15) is 32.3 Å². The zero-order chi connectivity index (χ0) is 13.6. The number of rotatable bonds is 7. The number of aryl methyl sites for hydroxylation is 1. The van der Waals surface area contributed by atoms with Gasteiger partial charge in [0, 0.05) is 23.8 Å². The molecule has 0 saturated heterocycles. The molecule has 102 valence electrons. The van der Waals surface area contributed by atoms with Gasteiger partial charge in [0.05, 0.1) is 5.60 Å². The van der Waals surface area contributed by atoms with Gasteiger partial charge in [-0.15, -0.1) is 11.8 Å². The van der Waals surface area contributed by atoms with Gasteiger partial charge in [-0.05, 0) is 45.7 Å². The Bertz CT molecular complexity index is 348. The molecule has 1 rings (SSSR count). The second-order valence-electron chi connectivity index (χ2n) is 5.39. The average Bonchev–Trinajstić information content (AvgIpc) is 2.36. The molecule has 1 aromatic rings. The third-order valence-electron chi connectivity index (χ3n) is 3.15. The van der Waals surface area contributed by atoms with Gasteiger partial charge in [0.2, 0.25) is 0 Å². The Labute approximate surface area is 115 Å². The standard InChI is InChI=1S/C15H25NOS/c1-12-5-7-14(8-6-12)18-11-13(16)9-10-15(2,3)17-4/h5-8,13H,9-11,16H2,1-4H3. The SMILES string of the molecule is COC(C)(C)CCC(N)CSc1ccc(C)cc1. The second kappa shape index (κ2) is 7.17. The van der Waals surface area contributed by atoms with Gasteiger partial charge in [-0.3, -0.25) is 0 Å². The molecule has 0 aliphatic heterocycles. The summed E-state index contributed by atoms with van der Waals surface area (Å²) in [4.78, 5) is 1.29. The summed E-state index contributed by atoms with van der Waals surface area (Å²) in [6, 6.07) is 8.83. The van der Waals surface area contributed by atoms with E-state index in [0.29, 0.717) is 0 Å². The van der Waals surface area contributed by atoms with E-state index >= 15 is 0 Å². The van der Waals surface area contributed by atoms with Crippen LogP contribution < -0.4 is 5.73 Å². The van der Waals surface area contributed by atoms with Gasteiger partial charge in [0.15, 0.2) is 0 Å². The molecule has 0 aliphatic carbocycles. The van der Waals surface area contributed by atoms with Gasteiger partial charge in [-0.1, -0.05) is 17.7 Å². The van der Waals surface area contributed by atoms with Crippen LogP contribution in [0.2, 0.25) is 0 Å². The molecule has 0 radical (unpaired) electrons. The lowest BCUT2D eigenvalue weighted by Gasteiger charge is -2.24. The number of thioether (sulfide) groups is 1. The maximum atomic E-state index is 6.14. The number of nitrogens with two attached hydrogens (primary N) is 1. The average molecular weight is 267 g/mol. The molecule has 3 heteroatoms. The Morgan fingerprint density at radius 3 is 2.44 bits per heavy atom. The van der Waals surface area contributed by atoms with Crippen molar-refractivity contribution in [3.8, 4) is 0 Å². The minimum atomic E-state index is -0.0633. The van der Waals surface area contributed by atoms with Crippen LogP contribution in [-0.4, -0.2) is 24.5 Å². The highest BCUT2D eigenvalue weighted by Gasteiger charge is 2.17. The maximum absolute atomic E-state index is 6.14. The summed E-state index contributed by atoms with van der Waals surface area (Å²) in [6.45, 7) is 6.31. The summed E-state index contributed by atoms with van der Waals surface area (Å²) >= 11 is 1.83. The first-order valence-corrected chi connectivity index (χ1v) is 7.42. The number of methoxy groups -OCH3 is 1. The third kappa shape index (κ3) is 5.89. The monoisotopic (exact) mass is 267 g/mol. The molecule has 0 spiro atoms. The van der Waals surface area contributed by atoms with Crippen molar-refractivity contribution < 1.29 is 4.74 Å². The van der Waals surface area contributed by atoms with Gasteiger partial charge in [-0.2, -0.15) is 0 Å². The van der Waals surface area contributed by atoms with Crippen molar-refractivity contribution in [1.82, 2.24) is 0 Å². The van der Waals surface area contributed by atoms with E-state index in [1.54, 1.807) is 7.11 Å². The van der Waals surface area contributed by atoms with Gasteiger partial charge in [-0.25, -0.2) is 0 Å². The molecule has 0 saturated carbocycles. The van der Waals surface area contributed by atoms with Crippen molar-refractivity contribution in [1.29, 1.82) is 0 Å². The van der Waals surface area contributed by atoms with Crippen LogP contribution >= 0.6 is 11.8 Å². The lowest BCUT2D eigenvalue weighted by atomic mass is 10.00. The van der Waals surface area contributed by atoms with E-state index in [4.69, 9.17) is 10.5 Å². The molecule has 2 N–H and O–H groups in total. The van der Waals surface area contributed by atoms with E-state index in [-0.39, 0.29) is 11.6 Å². The van der Waals surface area contributed by atoms with Gasteiger partial charge in [0.1, 0.15) is 0 Å². The van der Waals surface area contributed by atoms with Crippen LogP contribution in [0.15, 0.2) is 29.2 Å². The number of hydrogen-bond donors (Lipinski definition) is 1. The number of hydrogen-bond acceptors (Lipinski definition) is 3. The third-order valence-corrected chi connectivity index (χ3v) is 4.36. The lowest BCUT2D eigenvalue weighted by Crippen LogP contribution is -2.29. The van der Waals surface area contributed by atoms with E-state index in [1.165, 1.54) is 10.5 Å². The van der Waals surface area contributed by atoms with E-state index in [9.17, 15) is 0 Å². The molecule has 2 nitrogen and oxygen atoms in total. The first kappa shape index (κ1) is 15.5. The van der Waals surface area contributed by atoms with Crippen molar-refractivity contribution in [3.63, 3.8) is 0 Å². The quantitative estimate of drug-likeness (QED) is 0.766. The molecule has 0 aliphatic rings. The van der Waals surface area contributed by atoms with Crippen LogP contribution in [0.4, 0.5) is 0 Å². The zero-order valence-corrected chi connectivity index (χ0v) is 12.7. The molecule has 18 heavy (non-hydrogen) atoms. The van der Waals surface area contributed by atoms with E-state index < -0.39 is 0 Å². The Morgan fingerprint density at radius 1 is 1.28 bits per heavy atom. The molecule has 1 atom stereocenters. The number of ether oxygens (including phenoxy) is 1. The van der Waals surface area contributed by atoms with Crippen LogP contribution in [0, 0.1) is 6.92 Å². The van der Waals surface area contributed by atoms with Crippen LogP contribution in [0.3, 0.4) is 0 Å². The van der Waals surface area contributed by atoms with Crippen LogP contribution in [0.5, 0.6) is 0 Å². The summed E-state index contributed by atoms with van der Waals surface area (Å²) in [5.74, 6) is 0.961. The molecule has 0 bridgehead atoms. The maximum Gasteiger partial charge on any atom is 0.0623 e. The van der Waals surface area contributed by atoms with E-state index in [1.807, 2.05) is 11.8 Å². The Hall–Kier alpha value is -0.510. The van der Waals surface area contributed by atoms with Crippen molar-refractivity contribution in [2.24, 2.45) is 5.73 Å². The predicted molar refractivity (Wildman–Crippen MR) is 80.2 cm³/mol. The van der Waals surface area contributed by atoms with Gasteiger partial charge >= 0.3 is 0 Å². The van der Waals surface area contributed by atoms with Crippen molar-refractivity contribution in [3.05, 3.63) is 29.8 Å². The van der Waals surface area contributed by atoms with Crippen LogP contribution in [-0.2, 0) is 4.74 Å². The summed E-state index contributed by atoms with van der Waals surface area (Å²) in [7, 11) is 1.76. The smallest absolute Gasteiger partial charge is 0.0623 e. The van der Waals surface area contributed by atoms with Gasteiger partial charge in [0.25, 0.3) is 0 Å². The second-order valence-corrected chi connectivity index (χ2v) is 6.48. The van der Waals surface area contributed by atoms with Gasteiger partial charge < -0.3 is 10.5 Å². The summed E-state index contributed by atoms with van der Waals surface area (Å²) in [5.41, 5.74) is 7.37. The molecule has 0 aromatic heterocycles. The molecule has 1 aromatic carbocycles. The molecular weight excluding hydrogens is 242 g/mol. The van der Waals surface area contributed by atoms with E-state index in [2.05, 4.69) is 45.0 Å². The first-order valence-electron chi connectivity index (χ1n) is 6.43. The summed E-state index contributed by atoms with van der Waals surface area (Å²) < 4.78 is 5.40. The van der Waals surface area contributed by atoms with E-state index in [0.717, 1.165) is 18.6 Å². The summed E-state index contributed by atoms with van der Waals surface area (Å²) in [5, 5.41) is 0. The molecule has 1 unspecified atom stereocenters. The fourth-order valence-corrected chi connectivity index (χ4v) is 2.46. The zero-order valence-electron chi connectivity index (χ0n) is 11.9. The fourth-order valence-electron chi connectivity index (χ4n) is 1.56. The predicted octanol–water partition coefficient (Wildman–Crippen LogP) is 3.62. The summed E-state index contributed by atoms with van der Waals surface area (Å²) in [6.07, 6.45) is 2.00. The number of benzene rings is 1. The first-order chi connectivity index (χ1) is 8.43. The van der Waals surface area contributed by atoms with Crippen molar-refractivity contribution >= 4 is 11.8 Å². The Kier molecular flexibility index (Phi) is 6.19. The minimum absolute atomic E-state index is 0.0633. The normalized spacial score (nSPS) is 13.6. The highest BCUT2D eigenvalue weighted by molar-refractivity contribution is 7.99. The van der Waals surface area contributed by atoms with Crippen LogP contribution in [0.25, 0.3) is 0 Å². The molecule has 0 fully saturated rings. The molecule has 0 amide bonds. The largest absolute Gasteiger partial charge is 0.379 e. The topological polar surface area (TPSA) is 35.2 Å².